The Morgan fingerprint density at radius 1 is 1.35 bits per heavy atom. The molecule has 3 rings (SSSR count). The molecule has 1 aliphatic heterocycles. The lowest BCUT2D eigenvalue weighted by molar-refractivity contribution is 0.0943. The number of hydrogen-bond acceptors (Lipinski definition) is 4. The highest BCUT2D eigenvalue weighted by molar-refractivity contribution is 5.94. The fourth-order valence-electron chi connectivity index (χ4n) is 2.66. The molecule has 6 nitrogen and oxygen atoms in total. The number of piperidine rings is 1. The highest BCUT2D eigenvalue weighted by Crippen LogP contribution is 2.15. The molecule has 0 spiro atoms. The van der Waals surface area contributed by atoms with Crippen LogP contribution in [0.3, 0.4) is 0 Å². The van der Waals surface area contributed by atoms with Gasteiger partial charge in [-0.3, -0.25) is 9.59 Å². The van der Waals surface area contributed by atoms with Gasteiger partial charge in [0.15, 0.2) is 0 Å². The van der Waals surface area contributed by atoms with Crippen molar-refractivity contribution in [3.8, 4) is 11.5 Å². The Kier molecular flexibility index (Phi) is 6.01. The van der Waals surface area contributed by atoms with Gasteiger partial charge in [0.05, 0.1) is 12.0 Å². The number of halogens is 1. The largest absolute Gasteiger partial charge is 0.463 e. The van der Waals surface area contributed by atoms with E-state index in [-0.39, 0.29) is 23.9 Å². The average Bonchev–Trinajstić information content (AvgIpc) is 3.08. The van der Waals surface area contributed by atoms with Crippen molar-refractivity contribution in [2.75, 3.05) is 19.6 Å². The van der Waals surface area contributed by atoms with Crippen LogP contribution in [-0.2, 0) is 0 Å². The van der Waals surface area contributed by atoms with Crippen LogP contribution in [0.1, 0.15) is 23.2 Å². The molecule has 7 heteroatoms. The number of aromatic amines is 1. The Morgan fingerprint density at radius 2 is 2.22 bits per heavy atom. The highest BCUT2D eigenvalue weighted by atomic mass is 35.5. The Balaban J connectivity index is 0.00000192. The van der Waals surface area contributed by atoms with Gasteiger partial charge in [0.1, 0.15) is 11.3 Å². The SMILES string of the molecule is Cl.O=C(NCC1CCCNC1)c1ccc(-c2ccco2)[nH]c1=O. The van der Waals surface area contributed by atoms with Gasteiger partial charge in [0.2, 0.25) is 0 Å². The summed E-state index contributed by atoms with van der Waals surface area (Å²) in [5, 5.41) is 6.14. The Hall–Kier alpha value is -2.05. The standard InChI is InChI=1S/C16H19N3O3.ClH/c20-15(18-10-11-3-1-7-17-9-11)12-5-6-13(19-16(12)21)14-4-2-8-22-14;/h2,4-6,8,11,17H,1,3,7,9-10H2,(H,18,20)(H,19,21);1H. The summed E-state index contributed by atoms with van der Waals surface area (Å²) >= 11 is 0. The van der Waals surface area contributed by atoms with Gasteiger partial charge in [-0.1, -0.05) is 0 Å². The third kappa shape index (κ3) is 4.24. The summed E-state index contributed by atoms with van der Waals surface area (Å²) in [6.45, 7) is 2.54. The van der Waals surface area contributed by atoms with Crippen LogP contribution < -0.4 is 16.2 Å². The first-order valence-corrected chi connectivity index (χ1v) is 7.50. The summed E-state index contributed by atoms with van der Waals surface area (Å²) in [6, 6.07) is 6.70. The van der Waals surface area contributed by atoms with Crippen molar-refractivity contribution in [1.82, 2.24) is 15.6 Å². The molecule has 2 aromatic rings. The molecular weight excluding hydrogens is 318 g/mol. The molecule has 3 heterocycles. The number of carbonyl (C=O) groups is 1. The normalized spacial score (nSPS) is 17.3. The molecule has 23 heavy (non-hydrogen) atoms. The number of furan rings is 1. The zero-order valence-corrected chi connectivity index (χ0v) is 13.4. The Bertz CT molecular complexity index is 691. The highest BCUT2D eigenvalue weighted by Gasteiger charge is 2.16. The number of hydrogen-bond donors (Lipinski definition) is 3. The fraction of sp³-hybridized carbons (Fsp3) is 0.375. The summed E-state index contributed by atoms with van der Waals surface area (Å²) in [5.74, 6) is 0.661. The topological polar surface area (TPSA) is 87.1 Å². The molecule has 0 aliphatic carbocycles. The zero-order chi connectivity index (χ0) is 15.4. The van der Waals surface area contributed by atoms with E-state index >= 15 is 0 Å². The van der Waals surface area contributed by atoms with E-state index in [2.05, 4.69) is 15.6 Å². The first-order valence-electron chi connectivity index (χ1n) is 7.50. The second-order valence-electron chi connectivity index (χ2n) is 5.51. The van der Waals surface area contributed by atoms with Gasteiger partial charge in [0.25, 0.3) is 11.5 Å². The van der Waals surface area contributed by atoms with Gasteiger partial charge in [-0.25, -0.2) is 0 Å². The minimum absolute atomic E-state index is 0. The molecule has 1 aliphatic rings. The molecule has 3 N–H and O–H groups in total. The van der Waals surface area contributed by atoms with Crippen LogP contribution in [0.15, 0.2) is 39.7 Å². The van der Waals surface area contributed by atoms with Gasteiger partial charge in [0, 0.05) is 6.54 Å². The molecule has 1 fully saturated rings. The van der Waals surface area contributed by atoms with E-state index in [9.17, 15) is 9.59 Å². The van der Waals surface area contributed by atoms with Crippen molar-refractivity contribution in [3.63, 3.8) is 0 Å². The number of pyridine rings is 1. The molecule has 1 atom stereocenters. The van der Waals surface area contributed by atoms with Gasteiger partial charge >= 0.3 is 0 Å². The van der Waals surface area contributed by atoms with Crippen molar-refractivity contribution in [1.29, 1.82) is 0 Å². The van der Waals surface area contributed by atoms with Crippen molar-refractivity contribution < 1.29 is 9.21 Å². The van der Waals surface area contributed by atoms with Crippen LogP contribution in [0, 0.1) is 5.92 Å². The molecular formula is C16H20ClN3O3. The average molecular weight is 338 g/mol. The molecule has 0 aromatic carbocycles. The van der Waals surface area contributed by atoms with E-state index in [1.54, 1.807) is 18.2 Å². The summed E-state index contributed by atoms with van der Waals surface area (Å²) in [6.07, 6.45) is 3.76. The van der Waals surface area contributed by atoms with Crippen LogP contribution in [0.5, 0.6) is 0 Å². The number of nitrogens with one attached hydrogen (secondary N) is 3. The van der Waals surface area contributed by atoms with Gasteiger partial charge in [-0.15, -0.1) is 12.4 Å². The summed E-state index contributed by atoms with van der Waals surface area (Å²) < 4.78 is 5.22. The second-order valence-corrected chi connectivity index (χ2v) is 5.51. The van der Waals surface area contributed by atoms with Crippen LogP contribution in [-0.4, -0.2) is 30.5 Å². The number of amides is 1. The van der Waals surface area contributed by atoms with Gasteiger partial charge < -0.3 is 20.0 Å². The Morgan fingerprint density at radius 3 is 2.87 bits per heavy atom. The number of aromatic nitrogens is 1. The first-order chi connectivity index (χ1) is 10.7. The van der Waals surface area contributed by atoms with Crippen molar-refractivity contribution >= 4 is 18.3 Å². The predicted octanol–water partition coefficient (Wildman–Crippen LogP) is 1.79. The summed E-state index contributed by atoms with van der Waals surface area (Å²) in [5.41, 5.74) is 0.273. The maximum Gasteiger partial charge on any atom is 0.261 e. The van der Waals surface area contributed by atoms with E-state index in [0.29, 0.717) is 23.9 Å². The lowest BCUT2D eigenvalue weighted by Crippen LogP contribution is -2.39. The maximum atomic E-state index is 12.1. The molecule has 124 valence electrons. The molecule has 0 bridgehead atoms. The van der Waals surface area contributed by atoms with Crippen LogP contribution >= 0.6 is 12.4 Å². The number of rotatable bonds is 4. The molecule has 0 saturated carbocycles. The van der Waals surface area contributed by atoms with E-state index in [4.69, 9.17) is 4.42 Å². The quantitative estimate of drug-likeness (QED) is 0.793. The zero-order valence-electron chi connectivity index (χ0n) is 12.6. The van der Waals surface area contributed by atoms with E-state index in [0.717, 1.165) is 25.9 Å². The summed E-state index contributed by atoms with van der Waals surface area (Å²) in [4.78, 5) is 26.9. The molecule has 2 aromatic heterocycles. The van der Waals surface area contributed by atoms with Gasteiger partial charge in [-0.2, -0.15) is 0 Å². The fourth-order valence-corrected chi connectivity index (χ4v) is 2.66. The van der Waals surface area contributed by atoms with E-state index in [1.165, 1.54) is 12.3 Å². The molecule has 1 amide bonds. The van der Waals surface area contributed by atoms with Crippen molar-refractivity contribution in [2.24, 2.45) is 5.92 Å². The van der Waals surface area contributed by atoms with Gasteiger partial charge in [-0.05, 0) is 56.1 Å². The maximum absolute atomic E-state index is 12.1. The van der Waals surface area contributed by atoms with E-state index < -0.39 is 5.56 Å². The molecule has 1 saturated heterocycles. The van der Waals surface area contributed by atoms with Crippen LogP contribution in [0.4, 0.5) is 0 Å². The lowest BCUT2D eigenvalue weighted by Gasteiger charge is -2.22. The second kappa shape index (κ2) is 7.99. The van der Waals surface area contributed by atoms with Crippen LogP contribution in [0.25, 0.3) is 11.5 Å². The molecule has 1 unspecified atom stereocenters. The van der Waals surface area contributed by atoms with Crippen molar-refractivity contribution in [3.05, 3.63) is 46.4 Å². The van der Waals surface area contributed by atoms with Crippen molar-refractivity contribution in [2.45, 2.75) is 12.8 Å². The number of H-pyrrole nitrogens is 1. The summed E-state index contributed by atoms with van der Waals surface area (Å²) in [7, 11) is 0. The predicted molar refractivity (Wildman–Crippen MR) is 89.9 cm³/mol. The van der Waals surface area contributed by atoms with E-state index in [1.807, 2.05) is 0 Å². The Labute approximate surface area is 140 Å². The smallest absolute Gasteiger partial charge is 0.261 e. The lowest BCUT2D eigenvalue weighted by atomic mass is 10.00. The molecule has 0 radical (unpaired) electrons. The van der Waals surface area contributed by atoms with Crippen LogP contribution in [0.2, 0.25) is 0 Å². The third-order valence-corrected chi connectivity index (χ3v) is 3.89. The first kappa shape index (κ1) is 17.3. The monoisotopic (exact) mass is 337 g/mol. The third-order valence-electron chi connectivity index (χ3n) is 3.89. The minimum atomic E-state index is -0.409. The number of carbonyl (C=O) groups excluding carboxylic acids is 1. The minimum Gasteiger partial charge on any atom is -0.463 e.